The zero-order valence-corrected chi connectivity index (χ0v) is 15.7. The first-order chi connectivity index (χ1) is 11.5. The third-order valence-corrected chi connectivity index (χ3v) is 5.08. The van der Waals surface area contributed by atoms with E-state index in [2.05, 4.69) is 12.2 Å². The Kier molecular flexibility index (Phi) is 7.03. The Hall–Kier alpha value is -1.62. The van der Waals surface area contributed by atoms with E-state index in [1.807, 2.05) is 31.0 Å². The van der Waals surface area contributed by atoms with E-state index in [-0.39, 0.29) is 12.0 Å². The third kappa shape index (κ3) is 5.20. The van der Waals surface area contributed by atoms with Gasteiger partial charge in [0.1, 0.15) is 5.75 Å². The number of thiocarbonyl (C=S) groups is 1. The molecule has 0 spiro atoms. The van der Waals surface area contributed by atoms with E-state index in [4.69, 9.17) is 17.0 Å². The smallest absolute Gasteiger partial charge is 0.257 e. The molecule has 24 heavy (non-hydrogen) atoms. The van der Waals surface area contributed by atoms with Crippen molar-refractivity contribution in [1.29, 1.82) is 0 Å². The molecule has 5 heteroatoms. The predicted molar refractivity (Wildman–Crippen MR) is 102 cm³/mol. The van der Waals surface area contributed by atoms with Crippen molar-refractivity contribution in [2.75, 3.05) is 7.05 Å². The van der Waals surface area contributed by atoms with Gasteiger partial charge in [-0.2, -0.15) is 0 Å². The van der Waals surface area contributed by atoms with Crippen LogP contribution in [0.2, 0.25) is 0 Å². The minimum absolute atomic E-state index is 0.168. The monoisotopic (exact) mass is 348 g/mol. The van der Waals surface area contributed by atoms with Crippen LogP contribution in [0.3, 0.4) is 0 Å². The van der Waals surface area contributed by atoms with Gasteiger partial charge in [-0.15, -0.1) is 0 Å². The summed E-state index contributed by atoms with van der Waals surface area (Å²) < 4.78 is 5.73. The van der Waals surface area contributed by atoms with Crippen LogP contribution in [0, 0.1) is 0 Å². The number of benzene rings is 1. The Balaban J connectivity index is 1.90. The van der Waals surface area contributed by atoms with Gasteiger partial charge < -0.3 is 9.64 Å². The van der Waals surface area contributed by atoms with Gasteiger partial charge in [0.15, 0.2) is 5.11 Å². The molecule has 1 fully saturated rings. The SMILES string of the molecule is CCC(C)Oc1ccc(C(=O)NC(=S)N(C)C2CCCCC2)cc1. The number of hydrogen-bond donors (Lipinski definition) is 1. The lowest BCUT2D eigenvalue weighted by Gasteiger charge is -2.32. The maximum Gasteiger partial charge on any atom is 0.257 e. The molecule has 1 aromatic carbocycles. The first kappa shape index (κ1) is 18.7. The number of hydrogen-bond acceptors (Lipinski definition) is 3. The zero-order chi connectivity index (χ0) is 17.5. The molecule has 4 nitrogen and oxygen atoms in total. The second kappa shape index (κ2) is 9.02. The highest BCUT2D eigenvalue weighted by atomic mass is 32.1. The highest BCUT2D eigenvalue weighted by Crippen LogP contribution is 2.21. The zero-order valence-electron chi connectivity index (χ0n) is 14.9. The number of carbonyl (C=O) groups is 1. The van der Waals surface area contributed by atoms with Crippen molar-refractivity contribution in [3.05, 3.63) is 29.8 Å². The van der Waals surface area contributed by atoms with Crippen LogP contribution in [0.15, 0.2) is 24.3 Å². The van der Waals surface area contributed by atoms with E-state index in [9.17, 15) is 4.79 Å². The Morgan fingerprint density at radius 1 is 1.29 bits per heavy atom. The minimum atomic E-state index is -0.169. The van der Waals surface area contributed by atoms with Gasteiger partial charge in [-0.25, -0.2) is 0 Å². The van der Waals surface area contributed by atoms with E-state index < -0.39 is 0 Å². The maximum absolute atomic E-state index is 12.4. The maximum atomic E-state index is 12.4. The molecule has 1 amide bonds. The van der Waals surface area contributed by atoms with Crippen LogP contribution in [-0.2, 0) is 0 Å². The number of carbonyl (C=O) groups excluding carboxylic acids is 1. The van der Waals surface area contributed by atoms with Crippen LogP contribution >= 0.6 is 12.2 Å². The summed E-state index contributed by atoms with van der Waals surface area (Å²) in [6.45, 7) is 4.11. The molecule has 1 atom stereocenters. The molecular weight excluding hydrogens is 320 g/mol. The quantitative estimate of drug-likeness (QED) is 0.812. The Morgan fingerprint density at radius 3 is 2.50 bits per heavy atom. The van der Waals surface area contributed by atoms with Crippen LogP contribution < -0.4 is 10.1 Å². The lowest BCUT2D eigenvalue weighted by atomic mass is 9.95. The number of nitrogens with one attached hydrogen (secondary N) is 1. The molecule has 0 aliphatic heterocycles. The van der Waals surface area contributed by atoms with Crippen LogP contribution in [0.1, 0.15) is 62.7 Å². The molecule has 0 saturated heterocycles. The molecule has 0 heterocycles. The standard InChI is InChI=1S/C19H28N2O2S/c1-4-14(2)23-17-12-10-15(11-13-17)18(22)20-19(24)21(3)16-8-6-5-7-9-16/h10-14,16H,4-9H2,1-3H3,(H,20,22,24). The topological polar surface area (TPSA) is 41.6 Å². The molecular formula is C19H28N2O2S. The molecule has 132 valence electrons. The summed E-state index contributed by atoms with van der Waals surface area (Å²) in [7, 11) is 1.97. The van der Waals surface area contributed by atoms with Gasteiger partial charge in [0.05, 0.1) is 6.10 Å². The van der Waals surface area contributed by atoms with E-state index in [0.717, 1.165) is 25.0 Å². The van der Waals surface area contributed by atoms with Gasteiger partial charge >= 0.3 is 0 Å². The average molecular weight is 349 g/mol. The first-order valence-electron chi connectivity index (χ1n) is 8.86. The summed E-state index contributed by atoms with van der Waals surface area (Å²) in [5.74, 6) is 0.612. The summed E-state index contributed by atoms with van der Waals surface area (Å²) in [5, 5.41) is 3.35. The van der Waals surface area contributed by atoms with Crippen molar-refractivity contribution < 1.29 is 9.53 Å². The second-order valence-corrected chi connectivity index (χ2v) is 6.91. The largest absolute Gasteiger partial charge is 0.491 e. The Labute approximate surface area is 150 Å². The van der Waals surface area contributed by atoms with Crippen LogP contribution in [0.4, 0.5) is 0 Å². The van der Waals surface area contributed by atoms with Gasteiger partial charge in [0.2, 0.25) is 0 Å². The molecule has 0 aromatic heterocycles. The van der Waals surface area contributed by atoms with E-state index >= 15 is 0 Å². The van der Waals surface area contributed by atoms with Crippen molar-refractivity contribution >= 4 is 23.2 Å². The average Bonchev–Trinajstić information content (AvgIpc) is 2.62. The van der Waals surface area contributed by atoms with Crippen molar-refractivity contribution in [2.24, 2.45) is 0 Å². The highest BCUT2D eigenvalue weighted by molar-refractivity contribution is 7.80. The molecule has 1 aromatic rings. The molecule has 1 saturated carbocycles. The van der Waals surface area contributed by atoms with E-state index in [1.54, 1.807) is 12.1 Å². The van der Waals surface area contributed by atoms with Crippen molar-refractivity contribution in [3.63, 3.8) is 0 Å². The highest BCUT2D eigenvalue weighted by Gasteiger charge is 2.21. The second-order valence-electron chi connectivity index (χ2n) is 6.52. The fourth-order valence-electron chi connectivity index (χ4n) is 2.89. The van der Waals surface area contributed by atoms with Crippen molar-refractivity contribution in [1.82, 2.24) is 10.2 Å². The fraction of sp³-hybridized carbons (Fsp3) is 0.579. The van der Waals surface area contributed by atoms with Crippen molar-refractivity contribution in [2.45, 2.75) is 64.5 Å². The van der Waals surface area contributed by atoms with Crippen LogP contribution in [-0.4, -0.2) is 35.1 Å². The van der Waals surface area contributed by atoms with E-state index in [0.29, 0.717) is 16.7 Å². The molecule has 1 unspecified atom stereocenters. The fourth-order valence-corrected chi connectivity index (χ4v) is 3.13. The molecule has 0 radical (unpaired) electrons. The summed E-state index contributed by atoms with van der Waals surface area (Å²) in [6, 6.07) is 7.65. The molecule has 1 aliphatic carbocycles. The summed E-state index contributed by atoms with van der Waals surface area (Å²) in [5.41, 5.74) is 0.589. The van der Waals surface area contributed by atoms with Gasteiger partial charge in [-0.1, -0.05) is 26.2 Å². The first-order valence-corrected chi connectivity index (χ1v) is 9.27. The number of nitrogens with zero attached hydrogens (tertiary/aromatic N) is 1. The molecule has 1 N–H and O–H groups in total. The lowest BCUT2D eigenvalue weighted by Crippen LogP contribution is -2.46. The lowest BCUT2D eigenvalue weighted by molar-refractivity contribution is 0.0972. The van der Waals surface area contributed by atoms with Gasteiger partial charge in [-0.3, -0.25) is 10.1 Å². The van der Waals surface area contributed by atoms with Gasteiger partial charge in [0.25, 0.3) is 5.91 Å². The van der Waals surface area contributed by atoms with Gasteiger partial charge in [0, 0.05) is 18.7 Å². The van der Waals surface area contributed by atoms with Crippen LogP contribution in [0.5, 0.6) is 5.75 Å². The molecule has 2 rings (SSSR count). The molecule has 0 bridgehead atoms. The minimum Gasteiger partial charge on any atom is -0.491 e. The van der Waals surface area contributed by atoms with Crippen LogP contribution in [0.25, 0.3) is 0 Å². The summed E-state index contributed by atoms with van der Waals surface area (Å²) in [6.07, 6.45) is 7.19. The number of ether oxygens (including phenoxy) is 1. The van der Waals surface area contributed by atoms with E-state index in [1.165, 1.54) is 19.3 Å². The molecule has 1 aliphatic rings. The Bertz CT molecular complexity index is 553. The summed E-state index contributed by atoms with van der Waals surface area (Å²) in [4.78, 5) is 14.4. The van der Waals surface area contributed by atoms with Gasteiger partial charge in [-0.05, 0) is 62.7 Å². The normalized spacial score (nSPS) is 16.3. The number of rotatable bonds is 5. The van der Waals surface area contributed by atoms with Crippen molar-refractivity contribution in [3.8, 4) is 5.75 Å². The third-order valence-electron chi connectivity index (χ3n) is 4.69. The predicted octanol–water partition coefficient (Wildman–Crippen LogP) is 4.14. The Morgan fingerprint density at radius 2 is 1.92 bits per heavy atom. The summed E-state index contributed by atoms with van der Waals surface area (Å²) >= 11 is 5.40. The number of amides is 1.